The summed E-state index contributed by atoms with van der Waals surface area (Å²) in [5.41, 5.74) is 4.23. The fourth-order valence-electron chi connectivity index (χ4n) is 3.67. The SMILES string of the molecule is O=C1c2ccccc2NC(c2cccc3cccnc23)N1c1ccccc1. The Labute approximate surface area is 157 Å². The van der Waals surface area contributed by atoms with Gasteiger partial charge in [0.2, 0.25) is 0 Å². The summed E-state index contributed by atoms with van der Waals surface area (Å²) in [5, 5.41) is 4.60. The van der Waals surface area contributed by atoms with Crippen molar-refractivity contribution in [3.63, 3.8) is 0 Å². The van der Waals surface area contributed by atoms with Crippen LogP contribution in [0.25, 0.3) is 10.9 Å². The highest BCUT2D eigenvalue weighted by Gasteiger charge is 2.34. The van der Waals surface area contributed by atoms with Gasteiger partial charge in [-0.1, -0.05) is 54.6 Å². The van der Waals surface area contributed by atoms with Crippen molar-refractivity contribution < 1.29 is 4.79 Å². The summed E-state index contributed by atoms with van der Waals surface area (Å²) in [7, 11) is 0. The van der Waals surface area contributed by atoms with Crippen molar-refractivity contribution in [2.24, 2.45) is 0 Å². The lowest BCUT2D eigenvalue weighted by Crippen LogP contribution is -2.43. The van der Waals surface area contributed by atoms with Gasteiger partial charge >= 0.3 is 0 Å². The van der Waals surface area contributed by atoms with Crippen LogP contribution in [0.1, 0.15) is 22.1 Å². The molecule has 5 rings (SSSR count). The molecule has 2 heterocycles. The average molecular weight is 351 g/mol. The van der Waals surface area contributed by atoms with Crippen LogP contribution < -0.4 is 10.2 Å². The number of aromatic nitrogens is 1. The van der Waals surface area contributed by atoms with Crippen LogP contribution in [-0.4, -0.2) is 10.9 Å². The number of pyridine rings is 1. The van der Waals surface area contributed by atoms with Gasteiger partial charge in [-0.3, -0.25) is 14.7 Å². The number of hydrogen-bond acceptors (Lipinski definition) is 3. The molecule has 4 heteroatoms. The number of hydrogen-bond donors (Lipinski definition) is 1. The number of fused-ring (bicyclic) bond motifs is 2. The maximum Gasteiger partial charge on any atom is 0.262 e. The molecule has 0 bridgehead atoms. The minimum Gasteiger partial charge on any atom is -0.360 e. The number of rotatable bonds is 2. The van der Waals surface area contributed by atoms with Crippen LogP contribution >= 0.6 is 0 Å². The third-order valence-electron chi connectivity index (χ3n) is 4.92. The van der Waals surface area contributed by atoms with Gasteiger partial charge in [-0.25, -0.2) is 0 Å². The van der Waals surface area contributed by atoms with Crippen molar-refractivity contribution in [2.75, 3.05) is 10.2 Å². The monoisotopic (exact) mass is 351 g/mol. The molecule has 0 saturated carbocycles. The average Bonchev–Trinajstić information content (AvgIpc) is 2.74. The zero-order valence-corrected chi connectivity index (χ0v) is 14.5. The molecule has 4 aromatic rings. The molecule has 0 fully saturated rings. The number of nitrogens with one attached hydrogen (secondary N) is 1. The molecule has 0 radical (unpaired) electrons. The van der Waals surface area contributed by atoms with Gasteiger partial charge in [0.25, 0.3) is 5.91 Å². The Bertz CT molecular complexity index is 1140. The van der Waals surface area contributed by atoms with Gasteiger partial charge in [-0.2, -0.15) is 0 Å². The van der Waals surface area contributed by atoms with Crippen molar-refractivity contribution in [3.05, 3.63) is 102 Å². The number of carbonyl (C=O) groups is 1. The summed E-state index contributed by atoms with van der Waals surface area (Å²) in [4.78, 5) is 19.8. The van der Waals surface area contributed by atoms with Gasteiger partial charge in [0, 0.05) is 28.5 Å². The van der Waals surface area contributed by atoms with E-state index >= 15 is 0 Å². The largest absolute Gasteiger partial charge is 0.360 e. The van der Waals surface area contributed by atoms with Crippen LogP contribution in [0.5, 0.6) is 0 Å². The molecule has 3 aromatic carbocycles. The van der Waals surface area contributed by atoms with E-state index < -0.39 is 0 Å². The summed E-state index contributed by atoms with van der Waals surface area (Å²) >= 11 is 0. The molecule has 1 aliphatic rings. The summed E-state index contributed by atoms with van der Waals surface area (Å²) in [5.74, 6) is -0.0199. The van der Waals surface area contributed by atoms with Crippen LogP contribution in [0.15, 0.2) is 91.1 Å². The number of para-hydroxylation sites is 3. The van der Waals surface area contributed by atoms with E-state index in [0.717, 1.165) is 27.8 Å². The first-order chi connectivity index (χ1) is 13.3. The predicted octanol–water partition coefficient (Wildman–Crippen LogP) is 5.01. The highest BCUT2D eigenvalue weighted by atomic mass is 16.2. The van der Waals surface area contributed by atoms with Crippen LogP contribution in [0.4, 0.5) is 11.4 Å². The lowest BCUT2D eigenvalue weighted by molar-refractivity contribution is 0.0975. The Morgan fingerprint density at radius 2 is 1.59 bits per heavy atom. The first-order valence-electron chi connectivity index (χ1n) is 8.91. The number of nitrogens with zero attached hydrogens (tertiary/aromatic N) is 2. The molecule has 1 amide bonds. The van der Waals surface area contributed by atoms with E-state index in [9.17, 15) is 4.79 Å². The highest BCUT2D eigenvalue weighted by Crippen LogP contribution is 2.38. The van der Waals surface area contributed by atoms with E-state index in [1.165, 1.54) is 0 Å². The third-order valence-corrected chi connectivity index (χ3v) is 4.92. The highest BCUT2D eigenvalue weighted by molar-refractivity contribution is 6.12. The first-order valence-corrected chi connectivity index (χ1v) is 8.91. The van der Waals surface area contributed by atoms with Crippen molar-refractivity contribution in [3.8, 4) is 0 Å². The third kappa shape index (κ3) is 2.54. The van der Waals surface area contributed by atoms with Gasteiger partial charge in [0.05, 0.1) is 11.1 Å². The van der Waals surface area contributed by atoms with E-state index in [4.69, 9.17) is 0 Å². The maximum absolute atomic E-state index is 13.4. The normalized spacial score (nSPS) is 16.1. The molecule has 1 atom stereocenters. The van der Waals surface area contributed by atoms with Crippen LogP contribution in [0.2, 0.25) is 0 Å². The summed E-state index contributed by atoms with van der Waals surface area (Å²) in [6, 6.07) is 27.4. The number of carbonyl (C=O) groups excluding carboxylic acids is 1. The van der Waals surface area contributed by atoms with E-state index in [0.29, 0.717) is 5.56 Å². The van der Waals surface area contributed by atoms with E-state index in [2.05, 4.69) is 10.3 Å². The quantitative estimate of drug-likeness (QED) is 0.552. The lowest BCUT2D eigenvalue weighted by Gasteiger charge is -2.38. The molecule has 1 aromatic heterocycles. The first kappa shape index (κ1) is 15.6. The molecule has 27 heavy (non-hydrogen) atoms. The van der Waals surface area contributed by atoms with Gasteiger partial charge in [-0.15, -0.1) is 0 Å². The molecule has 130 valence electrons. The van der Waals surface area contributed by atoms with Crippen LogP contribution in [-0.2, 0) is 0 Å². The van der Waals surface area contributed by atoms with Gasteiger partial charge < -0.3 is 5.32 Å². The zero-order valence-electron chi connectivity index (χ0n) is 14.5. The molecule has 1 N–H and O–H groups in total. The van der Waals surface area contributed by atoms with Crippen molar-refractivity contribution in [2.45, 2.75) is 6.17 Å². The zero-order chi connectivity index (χ0) is 18.2. The summed E-state index contributed by atoms with van der Waals surface area (Å²) in [6.45, 7) is 0. The smallest absolute Gasteiger partial charge is 0.262 e. The molecule has 4 nitrogen and oxygen atoms in total. The summed E-state index contributed by atoms with van der Waals surface area (Å²) < 4.78 is 0. The predicted molar refractivity (Wildman–Crippen MR) is 108 cm³/mol. The molecule has 0 spiro atoms. The Hall–Kier alpha value is -3.66. The second kappa shape index (κ2) is 6.25. The molecule has 0 aliphatic carbocycles. The minimum absolute atomic E-state index is 0.0199. The maximum atomic E-state index is 13.4. The lowest BCUT2D eigenvalue weighted by atomic mass is 10.0. The number of amides is 1. The van der Waals surface area contributed by atoms with Crippen LogP contribution in [0.3, 0.4) is 0 Å². The Balaban J connectivity index is 1.74. The molecule has 1 unspecified atom stereocenters. The molecular weight excluding hydrogens is 334 g/mol. The molecule has 1 aliphatic heterocycles. The van der Waals surface area contributed by atoms with Crippen LogP contribution in [0, 0.1) is 0 Å². The van der Waals surface area contributed by atoms with Gasteiger partial charge in [0.1, 0.15) is 6.17 Å². The second-order valence-corrected chi connectivity index (χ2v) is 6.53. The van der Waals surface area contributed by atoms with Gasteiger partial charge in [0.15, 0.2) is 0 Å². The fraction of sp³-hybridized carbons (Fsp3) is 0.0435. The molecule has 0 saturated heterocycles. The fourth-order valence-corrected chi connectivity index (χ4v) is 3.67. The Morgan fingerprint density at radius 1 is 0.815 bits per heavy atom. The van der Waals surface area contributed by atoms with E-state index in [1.807, 2.05) is 89.8 Å². The standard InChI is InChI=1S/C23H17N3O/c27-23-18-12-4-5-14-20(18)25-22(26(23)17-10-2-1-3-11-17)19-13-6-8-16-9-7-15-24-21(16)19/h1-15,22,25H. The topological polar surface area (TPSA) is 45.2 Å². The Morgan fingerprint density at radius 3 is 2.48 bits per heavy atom. The molecular formula is C23H17N3O. The van der Waals surface area contributed by atoms with E-state index in [-0.39, 0.29) is 12.1 Å². The van der Waals surface area contributed by atoms with Crippen molar-refractivity contribution in [1.29, 1.82) is 0 Å². The summed E-state index contributed by atoms with van der Waals surface area (Å²) in [6.07, 6.45) is 1.45. The Kier molecular flexibility index (Phi) is 3.61. The van der Waals surface area contributed by atoms with E-state index in [1.54, 1.807) is 6.20 Å². The van der Waals surface area contributed by atoms with Gasteiger partial charge in [-0.05, 0) is 30.3 Å². The number of anilines is 2. The second-order valence-electron chi connectivity index (χ2n) is 6.53. The van der Waals surface area contributed by atoms with Crippen molar-refractivity contribution in [1.82, 2.24) is 4.98 Å². The minimum atomic E-state index is -0.339. The van der Waals surface area contributed by atoms with Crippen molar-refractivity contribution >= 4 is 28.2 Å². The number of benzene rings is 3.